The van der Waals surface area contributed by atoms with Gasteiger partial charge < -0.3 is 14.4 Å². The first-order chi connectivity index (χ1) is 17.1. The molecule has 1 aromatic carbocycles. The van der Waals surface area contributed by atoms with Crippen molar-refractivity contribution in [1.29, 1.82) is 5.26 Å². The molecule has 2 aliphatic rings. The van der Waals surface area contributed by atoms with Crippen LogP contribution >= 0.6 is 0 Å². The largest absolute Gasteiger partial charge is 0.495 e. The van der Waals surface area contributed by atoms with Gasteiger partial charge in [0.15, 0.2) is 0 Å². The van der Waals surface area contributed by atoms with E-state index in [0.29, 0.717) is 37.0 Å². The SMILES string of the molecule is COc1ccc([C@@H]2CN3CCN(C(=O)Cc4cnc(-n5cnnn5)nc4)C[C@H]3CO2)c(C)c1C#N. The number of aromatic nitrogens is 6. The molecule has 180 valence electrons. The van der Waals surface area contributed by atoms with Gasteiger partial charge >= 0.3 is 0 Å². The van der Waals surface area contributed by atoms with Gasteiger partial charge in [-0.15, -0.1) is 5.10 Å². The van der Waals surface area contributed by atoms with Crippen LogP contribution in [-0.4, -0.2) is 91.8 Å². The minimum absolute atomic E-state index is 0.0372. The maximum absolute atomic E-state index is 12.9. The topological polar surface area (TPSA) is 135 Å². The van der Waals surface area contributed by atoms with Crippen LogP contribution in [0.15, 0.2) is 30.9 Å². The van der Waals surface area contributed by atoms with Crippen LogP contribution in [0.3, 0.4) is 0 Å². The second kappa shape index (κ2) is 9.73. The van der Waals surface area contributed by atoms with Gasteiger partial charge in [-0.1, -0.05) is 6.07 Å². The number of amides is 1. The molecule has 2 fully saturated rings. The number of nitriles is 1. The molecule has 3 aromatic rings. The van der Waals surface area contributed by atoms with Gasteiger partial charge in [0.2, 0.25) is 5.91 Å². The normalized spacial score (nSPS) is 20.2. The summed E-state index contributed by atoms with van der Waals surface area (Å²) in [5.74, 6) is 0.961. The molecule has 0 unspecified atom stereocenters. The maximum atomic E-state index is 12.9. The summed E-state index contributed by atoms with van der Waals surface area (Å²) in [6.07, 6.45) is 4.77. The molecule has 35 heavy (non-hydrogen) atoms. The number of tetrazole rings is 1. The van der Waals surface area contributed by atoms with Crippen molar-refractivity contribution < 1.29 is 14.3 Å². The molecule has 0 aliphatic carbocycles. The summed E-state index contributed by atoms with van der Waals surface area (Å²) < 4.78 is 12.9. The van der Waals surface area contributed by atoms with Crippen molar-refractivity contribution in [3.63, 3.8) is 0 Å². The highest BCUT2D eigenvalue weighted by molar-refractivity contribution is 5.78. The average molecular weight is 476 g/mol. The van der Waals surface area contributed by atoms with Crippen molar-refractivity contribution in [2.45, 2.75) is 25.5 Å². The lowest BCUT2D eigenvalue weighted by Gasteiger charge is -2.46. The molecule has 12 nitrogen and oxygen atoms in total. The predicted octanol–water partition coefficient (Wildman–Crippen LogP) is 0.468. The fourth-order valence-electron chi connectivity index (χ4n) is 4.66. The minimum atomic E-state index is -0.123. The number of nitrogens with zero attached hydrogens (tertiary/aromatic N) is 9. The Kier molecular flexibility index (Phi) is 6.35. The molecule has 2 aliphatic heterocycles. The van der Waals surface area contributed by atoms with E-state index in [4.69, 9.17) is 9.47 Å². The first kappa shape index (κ1) is 22.8. The van der Waals surface area contributed by atoms with Crippen molar-refractivity contribution in [2.75, 3.05) is 39.9 Å². The van der Waals surface area contributed by atoms with E-state index in [1.54, 1.807) is 19.5 Å². The summed E-state index contributed by atoms with van der Waals surface area (Å²) in [6.45, 7) is 5.20. The molecular formula is C23H25N9O3. The predicted molar refractivity (Wildman–Crippen MR) is 122 cm³/mol. The zero-order valence-corrected chi connectivity index (χ0v) is 19.5. The standard InChI is InChI=1S/C23H25N9O3/c1-15-18(3-4-20(34-2)19(15)8-24)21-12-30-5-6-31(11-17(30)13-35-21)22(33)7-16-9-25-23(26-10-16)32-14-27-28-29-32/h3-4,9-10,14,17,21H,5-7,11-13H2,1-2H3/t17-,21-/m0/s1. The van der Waals surface area contributed by atoms with E-state index in [1.807, 2.05) is 24.0 Å². The van der Waals surface area contributed by atoms with Gasteiger partial charge in [-0.05, 0) is 40.1 Å². The van der Waals surface area contributed by atoms with E-state index in [9.17, 15) is 10.1 Å². The number of carbonyl (C=O) groups excluding carboxylic acids is 1. The van der Waals surface area contributed by atoms with E-state index in [0.717, 1.165) is 29.8 Å². The summed E-state index contributed by atoms with van der Waals surface area (Å²) in [6, 6.07) is 6.18. The molecule has 4 heterocycles. The highest BCUT2D eigenvalue weighted by Gasteiger charge is 2.36. The second-order valence-corrected chi connectivity index (χ2v) is 8.60. The molecule has 1 amide bonds. The number of ether oxygens (including phenoxy) is 2. The average Bonchev–Trinajstić information content (AvgIpc) is 3.43. The Bertz CT molecular complexity index is 1240. The molecule has 0 spiro atoms. The summed E-state index contributed by atoms with van der Waals surface area (Å²) in [7, 11) is 1.57. The molecule has 0 bridgehead atoms. The first-order valence-corrected chi connectivity index (χ1v) is 11.3. The van der Waals surface area contributed by atoms with E-state index in [1.165, 1.54) is 11.0 Å². The van der Waals surface area contributed by atoms with Gasteiger partial charge in [0.25, 0.3) is 5.95 Å². The molecule has 0 N–H and O–H groups in total. The van der Waals surface area contributed by atoms with Crippen LogP contribution in [0.25, 0.3) is 5.95 Å². The number of hydrogen-bond acceptors (Lipinski definition) is 10. The zero-order valence-electron chi connectivity index (χ0n) is 19.5. The van der Waals surface area contributed by atoms with Crippen LogP contribution in [0.2, 0.25) is 0 Å². The van der Waals surface area contributed by atoms with Gasteiger partial charge in [-0.3, -0.25) is 9.69 Å². The molecule has 2 saturated heterocycles. The zero-order chi connectivity index (χ0) is 24.4. The maximum Gasteiger partial charge on any atom is 0.253 e. The van der Waals surface area contributed by atoms with Gasteiger partial charge in [0.1, 0.15) is 18.1 Å². The Hall–Kier alpha value is -3.95. The van der Waals surface area contributed by atoms with Crippen molar-refractivity contribution in [1.82, 2.24) is 40.0 Å². The van der Waals surface area contributed by atoms with Gasteiger partial charge in [0, 0.05) is 38.6 Å². The fraction of sp³-hybridized carbons (Fsp3) is 0.435. The van der Waals surface area contributed by atoms with Crippen LogP contribution < -0.4 is 4.74 Å². The summed E-state index contributed by atoms with van der Waals surface area (Å²) in [5, 5.41) is 20.4. The third-order valence-electron chi connectivity index (χ3n) is 6.60. The molecule has 12 heteroatoms. The van der Waals surface area contributed by atoms with Gasteiger partial charge in [0.05, 0.1) is 37.8 Å². The molecule has 0 saturated carbocycles. The van der Waals surface area contributed by atoms with Crippen LogP contribution in [0.5, 0.6) is 5.75 Å². The third kappa shape index (κ3) is 4.55. The monoisotopic (exact) mass is 475 g/mol. The summed E-state index contributed by atoms with van der Waals surface area (Å²) in [4.78, 5) is 25.7. The van der Waals surface area contributed by atoms with E-state index in [2.05, 4.69) is 36.5 Å². The Morgan fingerprint density at radius 2 is 2.09 bits per heavy atom. The van der Waals surface area contributed by atoms with Crippen molar-refractivity contribution in [3.8, 4) is 17.8 Å². The second-order valence-electron chi connectivity index (χ2n) is 8.60. The van der Waals surface area contributed by atoms with Crippen molar-refractivity contribution in [3.05, 3.63) is 53.1 Å². The Balaban J connectivity index is 1.19. The number of benzene rings is 1. The lowest BCUT2D eigenvalue weighted by Crippen LogP contribution is -2.59. The van der Waals surface area contributed by atoms with Gasteiger partial charge in [-0.25, -0.2) is 9.97 Å². The third-order valence-corrected chi connectivity index (χ3v) is 6.60. The lowest BCUT2D eigenvalue weighted by atomic mass is 9.96. The number of rotatable bonds is 5. The van der Waals surface area contributed by atoms with Crippen molar-refractivity contribution in [2.24, 2.45) is 0 Å². The van der Waals surface area contributed by atoms with Crippen LogP contribution in [0.1, 0.15) is 28.4 Å². The Labute approximate surface area is 202 Å². The Morgan fingerprint density at radius 1 is 1.26 bits per heavy atom. The van der Waals surface area contributed by atoms with Crippen LogP contribution in [0.4, 0.5) is 0 Å². The van der Waals surface area contributed by atoms with Crippen molar-refractivity contribution >= 4 is 5.91 Å². The summed E-state index contributed by atoms with van der Waals surface area (Å²) >= 11 is 0. The number of hydrogen-bond donors (Lipinski definition) is 0. The number of fused-ring (bicyclic) bond motifs is 1. The van der Waals surface area contributed by atoms with E-state index < -0.39 is 0 Å². The molecule has 0 radical (unpaired) electrons. The molecule has 2 atom stereocenters. The fourth-order valence-corrected chi connectivity index (χ4v) is 4.66. The number of carbonyl (C=O) groups is 1. The minimum Gasteiger partial charge on any atom is -0.495 e. The molecule has 5 rings (SSSR count). The number of morpholine rings is 1. The van der Waals surface area contributed by atoms with Gasteiger partial charge in [-0.2, -0.15) is 9.94 Å². The smallest absolute Gasteiger partial charge is 0.253 e. The highest BCUT2D eigenvalue weighted by Crippen LogP contribution is 2.33. The number of piperazine rings is 1. The van der Waals surface area contributed by atoms with E-state index >= 15 is 0 Å². The van der Waals surface area contributed by atoms with E-state index in [-0.39, 0.29) is 24.5 Å². The Morgan fingerprint density at radius 3 is 2.80 bits per heavy atom. The molecular weight excluding hydrogens is 450 g/mol. The molecule has 2 aromatic heterocycles. The quantitative estimate of drug-likeness (QED) is 0.512. The first-order valence-electron chi connectivity index (χ1n) is 11.3. The highest BCUT2D eigenvalue weighted by atomic mass is 16.5. The van der Waals surface area contributed by atoms with Crippen LogP contribution in [-0.2, 0) is 16.0 Å². The summed E-state index contributed by atoms with van der Waals surface area (Å²) in [5.41, 5.74) is 3.17. The number of methoxy groups -OCH3 is 1. The van der Waals surface area contributed by atoms with Crippen LogP contribution in [0, 0.1) is 18.3 Å². The lowest BCUT2D eigenvalue weighted by molar-refractivity contribution is -0.139.